The Morgan fingerprint density at radius 1 is 1.03 bits per heavy atom. The van der Waals surface area contributed by atoms with Crippen LogP contribution in [0.15, 0.2) is 36.4 Å². The highest BCUT2D eigenvalue weighted by Crippen LogP contribution is 2.39. The van der Waals surface area contributed by atoms with Crippen molar-refractivity contribution in [3.63, 3.8) is 0 Å². The second kappa shape index (κ2) is 8.46. The number of nitrogen functional groups attached to an aromatic ring is 1. The number of nitrogens with zero attached hydrogens (tertiary/aromatic N) is 1. The van der Waals surface area contributed by atoms with Crippen LogP contribution < -0.4 is 15.2 Å². The van der Waals surface area contributed by atoms with Gasteiger partial charge in [-0.25, -0.2) is 0 Å². The van der Waals surface area contributed by atoms with Crippen LogP contribution in [0.5, 0.6) is 11.5 Å². The Bertz CT molecular complexity index is 870. The van der Waals surface area contributed by atoms with Crippen LogP contribution in [0.2, 0.25) is 0 Å². The van der Waals surface area contributed by atoms with E-state index in [1.54, 1.807) is 14.2 Å². The van der Waals surface area contributed by atoms with Gasteiger partial charge < -0.3 is 15.2 Å². The molecule has 0 saturated carbocycles. The number of ketones is 1. The summed E-state index contributed by atoms with van der Waals surface area (Å²) in [5, 5.41) is 0. The van der Waals surface area contributed by atoms with Gasteiger partial charge in [-0.1, -0.05) is 12.1 Å². The van der Waals surface area contributed by atoms with Gasteiger partial charge in [-0.3, -0.25) is 9.69 Å². The van der Waals surface area contributed by atoms with E-state index in [-0.39, 0.29) is 11.7 Å². The van der Waals surface area contributed by atoms with Crippen molar-refractivity contribution in [2.75, 3.05) is 33.0 Å². The van der Waals surface area contributed by atoms with Crippen LogP contribution in [0.25, 0.3) is 0 Å². The van der Waals surface area contributed by atoms with E-state index in [9.17, 15) is 4.79 Å². The molecule has 4 rings (SSSR count). The lowest BCUT2D eigenvalue weighted by atomic mass is 9.85. The molecule has 0 radical (unpaired) electrons. The third-order valence-electron chi connectivity index (χ3n) is 6.42. The highest BCUT2D eigenvalue weighted by molar-refractivity contribution is 6.02. The summed E-state index contributed by atoms with van der Waals surface area (Å²) in [6, 6.07) is 12.0. The first-order valence-corrected chi connectivity index (χ1v) is 10.4. The SMILES string of the molecule is COc1cc2c(cc1OC)C(=O)C(CC1CCN(Cc3ccc(N)cc3)CC1)C2. The normalized spacial score (nSPS) is 19.9. The molecule has 29 heavy (non-hydrogen) atoms. The molecule has 1 aliphatic heterocycles. The molecule has 0 amide bonds. The van der Waals surface area contributed by atoms with Crippen LogP contribution in [-0.4, -0.2) is 38.0 Å². The molecule has 154 valence electrons. The lowest BCUT2D eigenvalue weighted by Gasteiger charge is -2.33. The van der Waals surface area contributed by atoms with Gasteiger partial charge in [0.2, 0.25) is 0 Å². The Balaban J connectivity index is 1.32. The predicted octanol–water partition coefficient (Wildman–Crippen LogP) is 3.94. The Kier molecular flexibility index (Phi) is 5.76. The zero-order valence-electron chi connectivity index (χ0n) is 17.3. The maximum atomic E-state index is 13.0. The number of hydrogen-bond donors (Lipinski definition) is 1. The lowest BCUT2D eigenvalue weighted by molar-refractivity contribution is 0.0895. The highest BCUT2D eigenvalue weighted by Gasteiger charge is 2.34. The largest absolute Gasteiger partial charge is 0.493 e. The molecule has 5 heteroatoms. The topological polar surface area (TPSA) is 64.8 Å². The van der Waals surface area contributed by atoms with Crippen molar-refractivity contribution in [1.29, 1.82) is 0 Å². The summed E-state index contributed by atoms with van der Waals surface area (Å²) >= 11 is 0. The molecule has 1 unspecified atom stereocenters. The van der Waals surface area contributed by atoms with Gasteiger partial charge in [-0.05, 0) is 80.1 Å². The van der Waals surface area contributed by atoms with E-state index < -0.39 is 0 Å². The Morgan fingerprint density at radius 3 is 2.34 bits per heavy atom. The second-order valence-electron chi connectivity index (χ2n) is 8.33. The summed E-state index contributed by atoms with van der Waals surface area (Å²) in [7, 11) is 3.25. The fourth-order valence-corrected chi connectivity index (χ4v) is 4.75. The molecule has 2 aromatic carbocycles. The van der Waals surface area contributed by atoms with Crippen molar-refractivity contribution in [3.8, 4) is 11.5 Å². The van der Waals surface area contributed by atoms with Crippen molar-refractivity contribution in [3.05, 3.63) is 53.1 Å². The van der Waals surface area contributed by atoms with Crippen LogP contribution in [0, 0.1) is 11.8 Å². The molecule has 0 spiro atoms. The van der Waals surface area contributed by atoms with E-state index in [0.717, 1.165) is 62.1 Å². The van der Waals surface area contributed by atoms with Gasteiger partial charge in [0.1, 0.15) is 0 Å². The lowest BCUT2D eigenvalue weighted by Crippen LogP contribution is -2.34. The molecule has 0 bridgehead atoms. The number of anilines is 1. The van der Waals surface area contributed by atoms with Gasteiger partial charge >= 0.3 is 0 Å². The van der Waals surface area contributed by atoms with E-state index in [4.69, 9.17) is 15.2 Å². The molecule has 2 aliphatic rings. The van der Waals surface area contributed by atoms with Crippen LogP contribution in [-0.2, 0) is 13.0 Å². The van der Waals surface area contributed by atoms with Crippen LogP contribution in [0.4, 0.5) is 5.69 Å². The van der Waals surface area contributed by atoms with Crippen LogP contribution in [0.1, 0.15) is 40.7 Å². The molecule has 1 fully saturated rings. The van der Waals surface area contributed by atoms with E-state index in [1.165, 1.54) is 5.56 Å². The average Bonchev–Trinajstić information content (AvgIpc) is 3.04. The highest BCUT2D eigenvalue weighted by atomic mass is 16.5. The van der Waals surface area contributed by atoms with Crippen LogP contribution in [0.3, 0.4) is 0 Å². The van der Waals surface area contributed by atoms with Gasteiger partial charge in [-0.2, -0.15) is 0 Å². The summed E-state index contributed by atoms with van der Waals surface area (Å²) in [4.78, 5) is 15.5. The van der Waals surface area contributed by atoms with Crippen molar-refractivity contribution in [2.24, 2.45) is 11.8 Å². The number of rotatable bonds is 6. The number of methoxy groups -OCH3 is 2. The standard InChI is InChI=1S/C24H30N2O3/c1-28-22-13-18-12-19(24(27)21(18)14-23(22)29-2)11-16-7-9-26(10-8-16)15-17-3-5-20(25)6-4-17/h3-6,13-14,16,19H,7-12,15,25H2,1-2H3. The van der Waals surface area contributed by atoms with E-state index >= 15 is 0 Å². The molecule has 1 heterocycles. The van der Waals surface area contributed by atoms with Crippen molar-refractivity contribution in [2.45, 2.75) is 32.2 Å². The molecule has 5 nitrogen and oxygen atoms in total. The second-order valence-corrected chi connectivity index (χ2v) is 8.33. The molecule has 1 atom stereocenters. The first-order valence-electron chi connectivity index (χ1n) is 10.4. The quantitative estimate of drug-likeness (QED) is 0.752. The van der Waals surface area contributed by atoms with E-state index in [2.05, 4.69) is 17.0 Å². The van der Waals surface area contributed by atoms with Crippen molar-refractivity contribution < 1.29 is 14.3 Å². The fourth-order valence-electron chi connectivity index (χ4n) is 4.75. The third-order valence-corrected chi connectivity index (χ3v) is 6.42. The van der Waals surface area contributed by atoms with Gasteiger partial charge in [0.25, 0.3) is 0 Å². The minimum absolute atomic E-state index is 0.0930. The maximum Gasteiger partial charge on any atom is 0.166 e. The Hall–Kier alpha value is -2.53. The first kappa shape index (κ1) is 19.8. The van der Waals surface area contributed by atoms with Crippen LogP contribution >= 0.6 is 0 Å². The number of hydrogen-bond acceptors (Lipinski definition) is 5. The monoisotopic (exact) mass is 394 g/mol. The number of Topliss-reactive ketones (excluding diaryl/α,β-unsaturated/α-hetero) is 1. The van der Waals surface area contributed by atoms with Gasteiger partial charge in [0.15, 0.2) is 17.3 Å². The zero-order chi connectivity index (χ0) is 20.4. The Labute approximate surface area is 172 Å². The number of ether oxygens (including phenoxy) is 2. The summed E-state index contributed by atoms with van der Waals surface area (Å²) in [6.45, 7) is 3.15. The number of likely N-dealkylation sites (tertiary alicyclic amines) is 1. The summed E-state index contributed by atoms with van der Waals surface area (Å²) < 4.78 is 10.8. The van der Waals surface area contributed by atoms with E-state index in [1.807, 2.05) is 24.3 Å². The van der Waals surface area contributed by atoms with Gasteiger partial charge in [0.05, 0.1) is 14.2 Å². The zero-order valence-corrected chi connectivity index (χ0v) is 17.3. The average molecular weight is 395 g/mol. The van der Waals surface area contributed by atoms with E-state index in [0.29, 0.717) is 17.4 Å². The molecule has 2 aromatic rings. The van der Waals surface area contributed by atoms with Gasteiger partial charge in [-0.15, -0.1) is 0 Å². The molecule has 1 saturated heterocycles. The summed E-state index contributed by atoms with van der Waals surface area (Å²) in [6.07, 6.45) is 4.11. The summed E-state index contributed by atoms with van der Waals surface area (Å²) in [5.41, 5.74) is 9.80. The summed E-state index contributed by atoms with van der Waals surface area (Å²) in [5.74, 6) is 2.32. The molecule has 0 aromatic heterocycles. The van der Waals surface area contributed by atoms with Gasteiger partial charge in [0, 0.05) is 23.7 Å². The molecule has 1 aliphatic carbocycles. The Morgan fingerprint density at radius 2 is 1.69 bits per heavy atom. The smallest absolute Gasteiger partial charge is 0.166 e. The van der Waals surface area contributed by atoms with Crippen molar-refractivity contribution in [1.82, 2.24) is 4.90 Å². The number of carbonyl (C=O) groups excluding carboxylic acids is 1. The minimum atomic E-state index is 0.0930. The predicted molar refractivity (Wildman–Crippen MR) is 115 cm³/mol. The number of piperidine rings is 1. The molecule has 2 N–H and O–H groups in total. The number of fused-ring (bicyclic) bond motifs is 1. The fraction of sp³-hybridized carbons (Fsp3) is 0.458. The number of benzene rings is 2. The maximum absolute atomic E-state index is 13.0. The minimum Gasteiger partial charge on any atom is -0.493 e. The number of carbonyl (C=O) groups is 1. The molecular formula is C24H30N2O3. The third kappa shape index (κ3) is 4.25. The number of nitrogens with two attached hydrogens (primary N) is 1. The molecular weight excluding hydrogens is 364 g/mol. The van der Waals surface area contributed by atoms with Crippen molar-refractivity contribution >= 4 is 11.5 Å². The first-order chi connectivity index (χ1) is 14.1.